The van der Waals surface area contributed by atoms with E-state index < -0.39 is 6.10 Å². The van der Waals surface area contributed by atoms with E-state index in [4.69, 9.17) is 19.9 Å². The van der Waals surface area contributed by atoms with Crippen molar-refractivity contribution in [1.82, 2.24) is 5.32 Å². The molecule has 22 heavy (non-hydrogen) atoms. The first-order valence-corrected chi connectivity index (χ1v) is 7.46. The molecule has 0 aliphatic carbocycles. The number of hydrogen-bond donors (Lipinski definition) is 2. The number of benzene rings is 1. The number of nitrogens with two attached hydrogens (primary N) is 1. The summed E-state index contributed by atoms with van der Waals surface area (Å²) in [6.07, 6.45) is 1.09. The van der Waals surface area contributed by atoms with Crippen LogP contribution in [-0.2, 0) is 9.53 Å². The molecule has 0 spiro atoms. The molecule has 1 aromatic carbocycles. The zero-order valence-electron chi connectivity index (χ0n) is 13.3. The van der Waals surface area contributed by atoms with Crippen molar-refractivity contribution in [2.24, 2.45) is 5.73 Å². The average Bonchev–Trinajstić information content (AvgIpc) is 3.03. The Morgan fingerprint density at radius 1 is 1.41 bits per heavy atom. The van der Waals surface area contributed by atoms with Crippen molar-refractivity contribution in [3.8, 4) is 11.5 Å². The van der Waals surface area contributed by atoms with Crippen LogP contribution < -0.4 is 20.5 Å². The predicted octanol–water partition coefficient (Wildman–Crippen LogP) is 1.39. The lowest BCUT2D eigenvalue weighted by molar-refractivity contribution is -0.132. The molecule has 1 aromatic rings. The number of carbonyl (C=O) groups is 1. The van der Waals surface area contributed by atoms with Crippen molar-refractivity contribution in [3.63, 3.8) is 0 Å². The van der Waals surface area contributed by atoms with Gasteiger partial charge in [0.25, 0.3) is 0 Å². The molecule has 3 N–H and O–H groups in total. The molecule has 122 valence electrons. The molecule has 1 heterocycles. The molecule has 3 atom stereocenters. The predicted molar refractivity (Wildman–Crippen MR) is 83.1 cm³/mol. The Morgan fingerprint density at radius 2 is 2.18 bits per heavy atom. The van der Waals surface area contributed by atoms with Gasteiger partial charge in [0.05, 0.1) is 26.4 Å². The lowest BCUT2D eigenvalue weighted by atomic mass is 10.1. The maximum atomic E-state index is 12.3. The Labute approximate surface area is 130 Å². The van der Waals surface area contributed by atoms with E-state index in [1.807, 2.05) is 25.1 Å². The van der Waals surface area contributed by atoms with Gasteiger partial charge in [-0.25, -0.2) is 0 Å². The van der Waals surface area contributed by atoms with Crippen LogP contribution in [0.5, 0.6) is 11.5 Å². The lowest BCUT2D eigenvalue weighted by Gasteiger charge is -2.20. The van der Waals surface area contributed by atoms with Gasteiger partial charge in [-0.05, 0) is 38.0 Å². The molecule has 1 aliphatic heterocycles. The Balaban J connectivity index is 2.05. The van der Waals surface area contributed by atoms with Crippen LogP contribution >= 0.6 is 0 Å². The first-order chi connectivity index (χ1) is 10.6. The minimum atomic E-state index is -0.424. The monoisotopic (exact) mass is 308 g/mol. The Morgan fingerprint density at radius 3 is 2.77 bits per heavy atom. The van der Waals surface area contributed by atoms with Crippen LogP contribution in [0.1, 0.15) is 31.4 Å². The second kappa shape index (κ2) is 7.47. The fourth-order valence-electron chi connectivity index (χ4n) is 2.63. The molecule has 0 radical (unpaired) electrons. The molecule has 0 saturated carbocycles. The molecular formula is C16H24N2O4. The van der Waals surface area contributed by atoms with E-state index in [-0.39, 0.29) is 18.1 Å². The first kappa shape index (κ1) is 16.6. The van der Waals surface area contributed by atoms with Crippen LogP contribution in [0.3, 0.4) is 0 Å². The Hall–Kier alpha value is -1.79. The summed E-state index contributed by atoms with van der Waals surface area (Å²) < 4.78 is 16.2. The van der Waals surface area contributed by atoms with Gasteiger partial charge in [-0.2, -0.15) is 0 Å². The summed E-state index contributed by atoms with van der Waals surface area (Å²) in [5.41, 5.74) is 6.44. The second-order valence-electron chi connectivity index (χ2n) is 5.40. The standard InChI is InChI=1S/C16H24N2O4/c1-10(13-8-11(20-2)4-6-14(13)21-3)18-16(19)15-7-5-12(9-17)22-15/h4,6,8,10,12,15H,5,7,9,17H2,1-3H3,(H,18,19)/t10?,12-,15+/m1/s1. The number of ether oxygens (including phenoxy) is 3. The number of methoxy groups -OCH3 is 2. The van der Waals surface area contributed by atoms with Gasteiger partial charge in [0, 0.05) is 12.1 Å². The molecule has 6 nitrogen and oxygen atoms in total. The van der Waals surface area contributed by atoms with Crippen LogP contribution in [0.2, 0.25) is 0 Å². The van der Waals surface area contributed by atoms with Crippen LogP contribution in [0.25, 0.3) is 0 Å². The molecule has 6 heteroatoms. The summed E-state index contributed by atoms with van der Waals surface area (Å²) in [5.74, 6) is 1.31. The molecule has 2 rings (SSSR count). The molecule has 1 aliphatic rings. The highest BCUT2D eigenvalue weighted by Gasteiger charge is 2.30. The zero-order valence-corrected chi connectivity index (χ0v) is 13.3. The fourth-order valence-corrected chi connectivity index (χ4v) is 2.63. The maximum Gasteiger partial charge on any atom is 0.249 e. The summed E-state index contributed by atoms with van der Waals surface area (Å²) in [6.45, 7) is 2.35. The van der Waals surface area contributed by atoms with E-state index in [0.29, 0.717) is 18.7 Å². The van der Waals surface area contributed by atoms with Crippen molar-refractivity contribution >= 4 is 5.91 Å². The number of hydrogen-bond acceptors (Lipinski definition) is 5. The third-order valence-corrected chi connectivity index (χ3v) is 3.93. The Bertz CT molecular complexity index is 521. The fraction of sp³-hybridized carbons (Fsp3) is 0.562. The summed E-state index contributed by atoms with van der Waals surface area (Å²) in [4.78, 5) is 12.3. The van der Waals surface area contributed by atoms with Crippen LogP contribution in [0, 0.1) is 0 Å². The summed E-state index contributed by atoms with van der Waals surface area (Å²) in [7, 11) is 3.21. The van der Waals surface area contributed by atoms with E-state index in [9.17, 15) is 4.79 Å². The van der Waals surface area contributed by atoms with Gasteiger partial charge in [-0.3, -0.25) is 4.79 Å². The summed E-state index contributed by atoms with van der Waals surface area (Å²) >= 11 is 0. The number of carbonyl (C=O) groups excluding carboxylic acids is 1. The van der Waals surface area contributed by atoms with Gasteiger partial charge in [0.15, 0.2) is 0 Å². The molecule has 0 bridgehead atoms. The maximum absolute atomic E-state index is 12.3. The van der Waals surface area contributed by atoms with Crippen molar-refractivity contribution in [2.45, 2.75) is 38.0 Å². The average molecular weight is 308 g/mol. The number of amides is 1. The number of nitrogens with one attached hydrogen (secondary N) is 1. The van der Waals surface area contributed by atoms with Crippen LogP contribution in [-0.4, -0.2) is 38.9 Å². The van der Waals surface area contributed by atoms with Gasteiger partial charge >= 0.3 is 0 Å². The minimum Gasteiger partial charge on any atom is -0.497 e. The van der Waals surface area contributed by atoms with Crippen molar-refractivity contribution in [1.29, 1.82) is 0 Å². The highest BCUT2D eigenvalue weighted by molar-refractivity contribution is 5.81. The van der Waals surface area contributed by atoms with E-state index in [1.54, 1.807) is 14.2 Å². The number of rotatable bonds is 6. The van der Waals surface area contributed by atoms with Gasteiger partial charge in [-0.1, -0.05) is 0 Å². The van der Waals surface area contributed by atoms with E-state index in [2.05, 4.69) is 5.32 Å². The Kier molecular flexibility index (Phi) is 5.63. The topological polar surface area (TPSA) is 82.8 Å². The lowest BCUT2D eigenvalue weighted by Crippen LogP contribution is -2.37. The normalized spacial score (nSPS) is 22.2. The SMILES string of the molecule is COc1ccc(OC)c(C(C)NC(=O)[C@@H]2CC[C@H](CN)O2)c1. The zero-order chi connectivity index (χ0) is 16.1. The van der Waals surface area contributed by atoms with Gasteiger partial charge in [0.2, 0.25) is 5.91 Å². The highest BCUT2D eigenvalue weighted by atomic mass is 16.5. The van der Waals surface area contributed by atoms with Crippen molar-refractivity contribution in [2.75, 3.05) is 20.8 Å². The minimum absolute atomic E-state index is 0.0163. The van der Waals surface area contributed by atoms with Gasteiger partial charge in [-0.15, -0.1) is 0 Å². The van der Waals surface area contributed by atoms with E-state index in [1.165, 1.54) is 0 Å². The van der Waals surface area contributed by atoms with Crippen molar-refractivity contribution < 1.29 is 19.0 Å². The van der Waals surface area contributed by atoms with E-state index >= 15 is 0 Å². The third kappa shape index (κ3) is 3.69. The molecule has 1 amide bonds. The molecule has 1 saturated heterocycles. The van der Waals surface area contributed by atoms with Gasteiger partial charge < -0.3 is 25.3 Å². The summed E-state index contributed by atoms with van der Waals surface area (Å²) in [6, 6.07) is 5.30. The van der Waals surface area contributed by atoms with Crippen LogP contribution in [0.15, 0.2) is 18.2 Å². The smallest absolute Gasteiger partial charge is 0.249 e. The summed E-state index contributed by atoms with van der Waals surface area (Å²) in [5, 5.41) is 2.97. The molecule has 1 unspecified atom stereocenters. The van der Waals surface area contributed by atoms with Gasteiger partial charge in [0.1, 0.15) is 17.6 Å². The first-order valence-electron chi connectivity index (χ1n) is 7.46. The second-order valence-corrected chi connectivity index (χ2v) is 5.40. The highest BCUT2D eigenvalue weighted by Crippen LogP contribution is 2.29. The molecule has 1 fully saturated rings. The van der Waals surface area contributed by atoms with Crippen LogP contribution in [0.4, 0.5) is 0 Å². The van der Waals surface area contributed by atoms with Crippen molar-refractivity contribution in [3.05, 3.63) is 23.8 Å². The van der Waals surface area contributed by atoms with E-state index in [0.717, 1.165) is 17.7 Å². The quantitative estimate of drug-likeness (QED) is 0.830. The molecular weight excluding hydrogens is 284 g/mol. The molecule has 0 aromatic heterocycles. The third-order valence-electron chi connectivity index (χ3n) is 3.93. The largest absolute Gasteiger partial charge is 0.497 e.